The van der Waals surface area contributed by atoms with Gasteiger partial charge in [0.25, 0.3) is 0 Å². The molecule has 3 aliphatic rings. The van der Waals surface area contributed by atoms with Crippen LogP contribution in [0.5, 0.6) is 5.75 Å². The molecule has 0 unspecified atom stereocenters. The van der Waals surface area contributed by atoms with Gasteiger partial charge in [-0.1, -0.05) is 12.1 Å². The fourth-order valence-electron chi connectivity index (χ4n) is 4.86. The van der Waals surface area contributed by atoms with Crippen molar-refractivity contribution >= 4 is 5.69 Å². The molecule has 0 aliphatic carbocycles. The van der Waals surface area contributed by atoms with Crippen LogP contribution in [0.15, 0.2) is 24.3 Å². The van der Waals surface area contributed by atoms with Gasteiger partial charge in [0, 0.05) is 6.07 Å². The summed E-state index contributed by atoms with van der Waals surface area (Å²) < 4.78 is 32.5. The van der Waals surface area contributed by atoms with Gasteiger partial charge >= 0.3 is 5.69 Å². The molecule has 43 heavy (non-hydrogen) atoms. The summed E-state index contributed by atoms with van der Waals surface area (Å²) in [6, 6.07) is 5.13. The second-order valence-electron chi connectivity index (χ2n) is 10.2. The van der Waals surface area contributed by atoms with Crippen LogP contribution in [0.4, 0.5) is 5.69 Å². The fourth-order valence-corrected chi connectivity index (χ4v) is 4.86. The van der Waals surface area contributed by atoms with Crippen molar-refractivity contribution in [2.45, 2.75) is 92.1 Å². The average molecular weight is 626 g/mol. The Kier molecular flexibility index (Phi) is 11.2. The van der Waals surface area contributed by atoms with Crippen molar-refractivity contribution in [1.82, 2.24) is 0 Å². The summed E-state index contributed by atoms with van der Waals surface area (Å²) in [6.07, 6.45) is -25.9. The maximum Gasteiger partial charge on any atom is 0.311 e. The number of para-hydroxylation sites is 2. The van der Waals surface area contributed by atoms with Gasteiger partial charge in [0.2, 0.25) is 6.29 Å². The molecule has 4 rings (SSSR count). The van der Waals surface area contributed by atoms with Gasteiger partial charge in [0.15, 0.2) is 18.3 Å². The Morgan fingerprint density at radius 3 is 1.84 bits per heavy atom. The Morgan fingerprint density at radius 1 is 0.674 bits per heavy atom. The first-order valence-electron chi connectivity index (χ1n) is 13.2. The van der Waals surface area contributed by atoms with E-state index in [1.807, 2.05) is 0 Å². The van der Waals surface area contributed by atoms with Gasteiger partial charge in [-0.3, -0.25) is 10.1 Å². The summed E-state index contributed by atoms with van der Waals surface area (Å²) in [5, 5.41) is 114. The summed E-state index contributed by atoms with van der Waals surface area (Å²) in [5.74, 6) is -0.318. The smallest absolute Gasteiger partial charge is 0.311 e. The SMILES string of the molecule is O=[N+]([O-])c1ccccc1O[C@@H]1O[C@H](CO)[C@@H](O)[C@H](O[C@@H]2O[C@H](CO[C@@H]3O[C@H](CO)[C@@H](O)[C@H](O)[C@H]3O)[C@@H](O)[C@H](O)[C@H]2O)[C@H]1O. The summed E-state index contributed by atoms with van der Waals surface area (Å²) in [6.45, 7) is -2.23. The molecule has 0 bridgehead atoms. The molecule has 19 nitrogen and oxygen atoms in total. The molecule has 0 saturated carbocycles. The lowest BCUT2D eigenvalue weighted by Gasteiger charge is -2.46. The van der Waals surface area contributed by atoms with Crippen molar-refractivity contribution in [2.75, 3.05) is 19.8 Å². The van der Waals surface area contributed by atoms with Crippen LogP contribution in [-0.2, 0) is 23.7 Å². The zero-order valence-electron chi connectivity index (χ0n) is 22.3. The Hall–Kier alpha value is -2.18. The predicted molar refractivity (Wildman–Crippen MR) is 133 cm³/mol. The Balaban J connectivity index is 1.47. The molecule has 0 radical (unpaired) electrons. The van der Waals surface area contributed by atoms with E-state index in [1.165, 1.54) is 18.2 Å². The van der Waals surface area contributed by atoms with Gasteiger partial charge in [0.1, 0.15) is 73.2 Å². The molecule has 3 heterocycles. The Morgan fingerprint density at radius 2 is 1.21 bits per heavy atom. The molecule has 3 saturated heterocycles. The van der Waals surface area contributed by atoms with Crippen molar-refractivity contribution < 1.29 is 84.4 Å². The summed E-state index contributed by atoms with van der Waals surface area (Å²) in [7, 11) is 0. The van der Waals surface area contributed by atoms with Crippen LogP contribution in [0.1, 0.15) is 0 Å². The van der Waals surface area contributed by atoms with E-state index in [9.17, 15) is 61.2 Å². The molecule has 1 aromatic carbocycles. The molecule has 3 aliphatic heterocycles. The van der Waals surface area contributed by atoms with Gasteiger partial charge in [-0.25, -0.2) is 0 Å². The van der Waals surface area contributed by atoms with E-state index in [0.29, 0.717) is 0 Å². The van der Waals surface area contributed by atoms with Crippen LogP contribution in [-0.4, -0.2) is 168 Å². The van der Waals surface area contributed by atoms with E-state index in [0.717, 1.165) is 6.07 Å². The number of hydrogen-bond donors (Lipinski definition) is 10. The van der Waals surface area contributed by atoms with E-state index in [-0.39, 0.29) is 5.75 Å². The number of ether oxygens (including phenoxy) is 6. The van der Waals surface area contributed by atoms with Gasteiger partial charge in [-0.05, 0) is 6.07 Å². The molecule has 3 fully saturated rings. The van der Waals surface area contributed by atoms with E-state index >= 15 is 0 Å². The van der Waals surface area contributed by atoms with Gasteiger partial charge in [-0.2, -0.15) is 0 Å². The topological polar surface area (TPSA) is 301 Å². The summed E-state index contributed by atoms with van der Waals surface area (Å²) in [5.41, 5.74) is -0.479. The van der Waals surface area contributed by atoms with Gasteiger partial charge in [0.05, 0.1) is 24.7 Å². The van der Waals surface area contributed by atoms with Crippen LogP contribution in [0, 0.1) is 10.1 Å². The zero-order chi connectivity index (χ0) is 31.6. The van der Waals surface area contributed by atoms with Crippen molar-refractivity contribution in [3.63, 3.8) is 0 Å². The third kappa shape index (κ3) is 7.06. The molecule has 10 N–H and O–H groups in total. The lowest BCUT2D eigenvalue weighted by molar-refractivity contribution is -0.387. The van der Waals surface area contributed by atoms with Gasteiger partial charge in [-0.15, -0.1) is 0 Å². The number of nitro benzene ring substituents is 1. The molecule has 15 atom stereocenters. The largest absolute Gasteiger partial charge is 0.455 e. The van der Waals surface area contributed by atoms with Crippen molar-refractivity contribution in [3.05, 3.63) is 34.4 Å². The number of aliphatic hydroxyl groups is 10. The van der Waals surface area contributed by atoms with Crippen LogP contribution < -0.4 is 4.74 Å². The molecule has 19 heteroatoms. The summed E-state index contributed by atoms with van der Waals surface area (Å²) >= 11 is 0. The average Bonchev–Trinajstić information content (AvgIpc) is 2.99. The lowest BCUT2D eigenvalue weighted by Crippen LogP contribution is -2.65. The van der Waals surface area contributed by atoms with Crippen molar-refractivity contribution in [3.8, 4) is 5.75 Å². The number of hydrogen-bond acceptors (Lipinski definition) is 18. The normalized spacial score (nSPS) is 43.7. The number of benzene rings is 1. The standard InChI is InChI=1S/C24H35NO18/c26-5-10-13(28)16(31)18(33)22(40-10)38-7-12-14(29)17(32)19(34)23(42-12)43-21-15(30)11(6-27)41-24(20(21)35)39-9-4-2-1-3-8(9)25(36)37/h1-4,10-24,26-35H,5-7H2/t10-,11-,12-,13-,14-,15-,16+,17+,18-,19-,20-,21+,22-,23+,24-/m1/s1. The molecule has 244 valence electrons. The minimum atomic E-state index is -1.97. The summed E-state index contributed by atoms with van der Waals surface area (Å²) in [4.78, 5) is 10.6. The maximum atomic E-state index is 11.4. The first kappa shape index (κ1) is 33.7. The lowest BCUT2D eigenvalue weighted by atomic mass is 9.97. The van der Waals surface area contributed by atoms with E-state index in [1.54, 1.807) is 0 Å². The van der Waals surface area contributed by atoms with Crippen LogP contribution in [0.3, 0.4) is 0 Å². The maximum absolute atomic E-state index is 11.4. The Labute approximate surface area is 242 Å². The second-order valence-corrected chi connectivity index (χ2v) is 10.2. The predicted octanol–water partition coefficient (Wildman–Crippen LogP) is -5.58. The first-order chi connectivity index (χ1) is 20.4. The van der Waals surface area contributed by atoms with E-state index in [2.05, 4.69) is 0 Å². The highest BCUT2D eigenvalue weighted by Gasteiger charge is 2.52. The Bertz CT molecular complexity index is 1060. The molecular weight excluding hydrogens is 590 g/mol. The van der Waals surface area contributed by atoms with Crippen molar-refractivity contribution in [2.24, 2.45) is 0 Å². The highest BCUT2D eigenvalue weighted by molar-refractivity contribution is 5.45. The number of nitro groups is 1. The first-order valence-corrected chi connectivity index (χ1v) is 13.2. The number of aliphatic hydroxyl groups excluding tert-OH is 10. The fraction of sp³-hybridized carbons (Fsp3) is 0.750. The molecule has 1 aromatic rings. The highest BCUT2D eigenvalue weighted by atomic mass is 16.8. The van der Waals surface area contributed by atoms with Crippen LogP contribution in [0.2, 0.25) is 0 Å². The molecule has 0 aromatic heterocycles. The number of nitrogens with zero attached hydrogens (tertiary/aromatic N) is 1. The molecule has 0 spiro atoms. The second kappa shape index (κ2) is 14.3. The van der Waals surface area contributed by atoms with E-state index < -0.39 is 123 Å². The quantitative estimate of drug-likeness (QED) is 0.0856. The van der Waals surface area contributed by atoms with Gasteiger partial charge < -0.3 is 79.5 Å². The monoisotopic (exact) mass is 625 g/mol. The third-order valence-corrected chi connectivity index (χ3v) is 7.36. The third-order valence-electron chi connectivity index (χ3n) is 7.36. The number of rotatable bonds is 10. The molecular formula is C24H35NO18. The van der Waals surface area contributed by atoms with Crippen LogP contribution in [0.25, 0.3) is 0 Å². The highest BCUT2D eigenvalue weighted by Crippen LogP contribution is 2.33. The van der Waals surface area contributed by atoms with E-state index in [4.69, 9.17) is 28.4 Å². The zero-order valence-corrected chi connectivity index (χ0v) is 22.3. The minimum Gasteiger partial charge on any atom is -0.455 e. The van der Waals surface area contributed by atoms with Crippen molar-refractivity contribution in [1.29, 1.82) is 0 Å². The molecule has 0 amide bonds. The minimum absolute atomic E-state index is 0.318. The van der Waals surface area contributed by atoms with Crippen LogP contribution >= 0.6 is 0 Å².